The monoisotopic (exact) mass is 151 g/mol. The maximum atomic E-state index is 4.53. The van der Waals surface area contributed by atoms with Crippen molar-refractivity contribution < 1.29 is 0 Å². The Morgan fingerprint density at radius 1 is 1.09 bits per heavy atom. The third-order valence-corrected chi connectivity index (χ3v) is 2.60. The van der Waals surface area contributed by atoms with Gasteiger partial charge in [0.2, 0.25) is 0 Å². The number of nitrogens with zero attached hydrogens (tertiary/aromatic N) is 1. The lowest BCUT2D eigenvalue weighted by Crippen LogP contribution is -2.35. The minimum atomic E-state index is 0.0833. The smallest absolute Gasteiger partial charge is 0.0836 e. The fourth-order valence-corrected chi connectivity index (χ4v) is 1.76. The van der Waals surface area contributed by atoms with Gasteiger partial charge in [-0.1, -0.05) is 33.8 Å². The fourth-order valence-electron chi connectivity index (χ4n) is 1.76. The van der Waals surface area contributed by atoms with Crippen molar-refractivity contribution in [2.24, 2.45) is 16.8 Å². The molecule has 1 rings (SSSR count). The zero-order chi connectivity index (χ0) is 8.48. The molecule has 0 aromatic heterocycles. The molecule has 0 fully saturated rings. The predicted molar refractivity (Wildman–Crippen MR) is 50.0 cm³/mol. The van der Waals surface area contributed by atoms with Gasteiger partial charge < -0.3 is 0 Å². The molecule has 0 spiro atoms. The van der Waals surface area contributed by atoms with Crippen LogP contribution in [0.25, 0.3) is 0 Å². The third kappa shape index (κ3) is 1.24. The molecule has 11 heavy (non-hydrogen) atoms. The van der Waals surface area contributed by atoms with Gasteiger partial charge in [0.25, 0.3) is 0 Å². The highest BCUT2D eigenvalue weighted by Crippen LogP contribution is 2.33. The molecular formula is C10H17N. The van der Waals surface area contributed by atoms with Crippen LogP contribution in [0.1, 0.15) is 27.7 Å². The lowest BCUT2D eigenvalue weighted by atomic mass is 9.78. The minimum Gasteiger partial charge on any atom is -0.282 e. The zero-order valence-electron chi connectivity index (χ0n) is 7.83. The van der Waals surface area contributed by atoms with Gasteiger partial charge in [0, 0.05) is 6.21 Å². The standard InChI is InChI=1S/C10H17N/c1-8(2)10(9(3)4)6-5-7-11-10/h5-9H,1-4H3. The molecule has 1 nitrogen and oxygen atoms in total. The Morgan fingerprint density at radius 2 is 1.64 bits per heavy atom. The minimum absolute atomic E-state index is 0.0833. The predicted octanol–water partition coefficient (Wildman–Crippen LogP) is 2.68. The van der Waals surface area contributed by atoms with Gasteiger partial charge in [-0.25, -0.2) is 0 Å². The first kappa shape index (κ1) is 8.51. The van der Waals surface area contributed by atoms with E-state index in [0.717, 1.165) is 0 Å². The third-order valence-electron chi connectivity index (χ3n) is 2.60. The Balaban J connectivity index is 2.90. The van der Waals surface area contributed by atoms with Gasteiger partial charge in [0.15, 0.2) is 0 Å². The summed E-state index contributed by atoms with van der Waals surface area (Å²) >= 11 is 0. The van der Waals surface area contributed by atoms with Crippen LogP contribution in [0.4, 0.5) is 0 Å². The maximum Gasteiger partial charge on any atom is 0.0836 e. The number of aliphatic imine (C=N–C) groups is 1. The number of allylic oxidation sites excluding steroid dienone is 1. The first-order valence-corrected chi connectivity index (χ1v) is 4.32. The molecule has 0 bridgehead atoms. The van der Waals surface area contributed by atoms with Crippen LogP contribution in [-0.4, -0.2) is 11.8 Å². The van der Waals surface area contributed by atoms with Crippen molar-refractivity contribution in [2.75, 3.05) is 0 Å². The van der Waals surface area contributed by atoms with Crippen molar-refractivity contribution in [3.63, 3.8) is 0 Å². The SMILES string of the molecule is CC(C)C1(C(C)C)C=CC=N1. The van der Waals surface area contributed by atoms with Gasteiger partial charge in [0.1, 0.15) is 0 Å². The highest BCUT2D eigenvalue weighted by molar-refractivity contribution is 5.75. The van der Waals surface area contributed by atoms with Crippen molar-refractivity contribution in [1.29, 1.82) is 0 Å². The molecule has 1 aliphatic rings. The maximum absolute atomic E-state index is 4.53. The average molecular weight is 151 g/mol. The lowest BCUT2D eigenvalue weighted by Gasteiger charge is -2.32. The summed E-state index contributed by atoms with van der Waals surface area (Å²) < 4.78 is 0. The summed E-state index contributed by atoms with van der Waals surface area (Å²) in [5.41, 5.74) is 0.0833. The molecule has 0 N–H and O–H groups in total. The van der Waals surface area contributed by atoms with Crippen LogP contribution in [0.5, 0.6) is 0 Å². The molecule has 1 heteroatoms. The highest BCUT2D eigenvalue weighted by Gasteiger charge is 2.34. The van der Waals surface area contributed by atoms with E-state index in [0.29, 0.717) is 11.8 Å². The fraction of sp³-hybridized carbons (Fsp3) is 0.700. The molecule has 0 atom stereocenters. The average Bonchev–Trinajstić information content (AvgIpc) is 2.34. The van der Waals surface area contributed by atoms with E-state index in [1.165, 1.54) is 0 Å². The molecule has 0 saturated carbocycles. The quantitative estimate of drug-likeness (QED) is 0.575. The van der Waals surface area contributed by atoms with E-state index in [1.807, 2.05) is 6.21 Å². The van der Waals surface area contributed by atoms with Crippen molar-refractivity contribution in [3.8, 4) is 0 Å². The van der Waals surface area contributed by atoms with E-state index >= 15 is 0 Å². The Hall–Kier alpha value is -0.590. The topological polar surface area (TPSA) is 12.4 Å². The van der Waals surface area contributed by atoms with Crippen LogP contribution in [0, 0.1) is 11.8 Å². The van der Waals surface area contributed by atoms with Gasteiger partial charge >= 0.3 is 0 Å². The second kappa shape index (κ2) is 2.80. The van der Waals surface area contributed by atoms with E-state index < -0.39 is 0 Å². The van der Waals surface area contributed by atoms with Crippen LogP contribution in [0.3, 0.4) is 0 Å². The molecule has 62 valence electrons. The van der Waals surface area contributed by atoms with Gasteiger partial charge in [-0.05, 0) is 17.9 Å². The molecular weight excluding hydrogens is 134 g/mol. The normalized spacial score (nSPS) is 20.5. The zero-order valence-corrected chi connectivity index (χ0v) is 7.83. The first-order chi connectivity index (χ1) is 5.09. The molecule has 1 heterocycles. The molecule has 0 aromatic carbocycles. The molecule has 0 saturated heterocycles. The Bertz CT molecular complexity index is 165. The van der Waals surface area contributed by atoms with Crippen LogP contribution in [-0.2, 0) is 0 Å². The first-order valence-electron chi connectivity index (χ1n) is 4.32. The summed E-state index contributed by atoms with van der Waals surface area (Å²) in [5, 5.41) is 0. The highest BCUT2D eigenvalue weighted by atomic mass is 14.9. The summed E-state index contributed by atoms with van der Waals surface area (Å²) in [7, 11) is 0. The van der Waals surface area contributed by atoms with Gasteiger partial charge in [-0.15, -0.1) is 0 Å². The number of hydrogen-bond donors (Lipinski definition) is 0. The second-order valence-corrected chi connectivity index (χ2v) is 3.83. The molecule has 1 aliphatic heterocycles. The van der Waals surface area contributed by atoms with Gasteiger partial charge in [0.05, 0.1) is 5.54 Å². The molecule has 0 radical (unpaired) electrons. The Morgan fingerprint density at radius 3 is 1.82 bits per heavy atom. The summed E-state index contributed by atoms with van der Waals surface area (Å²) in [6.07, 6.45) is 6.20. The summed E-state index contributed by atoms with van der Waals surface area (Å²) in [4.78, 5) is 4.53. The van der Waals surface area contributed by atoms with Crippen molar-refractivity contribution in [3.05, 3.63) is 12.2 Å². The summed E-state index contributed by atoms with van der Waals surface area (Å²) in [6, 6.07) is 0. The van der Waals surface area contributed by atoms with Crippen molar-refractivity contribution >= 4 is 6.21 Å². The van der Waals surface area contributed by atoms with E-state index in [4.69, 9.17) is 0 Å². The summed E-state index contributed by atoms with van der Waals surface area (Å²) in [5.74, 6) is 1.19. The summed E-state index contributed by atoms with van der Waals surface area (Å²) in [6.45, 7) is 8.92. The Labute approximate surface area is 69.2 Å². The molecule has 0 aromatic rings. The van der Waals surface area contributed by atoms with E-state index in [1.54, 1.807) is 0 Å². The number of hydrogen-bond acceptors (Lipinski definition) is 1. The van der Waals surface area contributed by atoms with Crippen LogP contribution in [0.2, 0.25) is 0 Å². The van der Waals surface area contributed by atoms with Crippen molar-refractivity contribution in [2.45, 2.75) is 33.2 Å². The van der Waals surface area contributed by atoms with Gasteiger partial charge in [-0.3, -0.25) is 4.99 Å². The van der Waals surface area contributed by atoms with Crippen molar-refractivity contribution in [1.82, 2.24) is 0 Å². The largest absolute Gasteiger partial charge is 0.282 e. The molecule has 0 aliphatic carbocycles. The van der Waals surface area contributed by atoms with Crippen LogP contribution < -0.4 is 0 Å². The van der Waals surface area contributed by atoms with Crippen LogP contribution in [0.15, 0.2) is 17.1 Å². The van der Waals surface area contributed by atoms with E-state index in [-0.39, 0.29) is 5.54 Å². The van der Waals surface area contributed by atoms with E-state index in [2.05, 4.69) is 44.8 Å². The molecule has 0 amide bonds. The van der Waals surface area contributed by atoms with E-state index in [9.17, 15) is 0 Å². The number of rotatable bonds is 2. The molecule has 0 unspecified atom stereocenters. The lowest BCUT2D eigenvalue weighted by molar-refractivity contribution is 0.297. The van der Waals surface area contributed by atoms with Crippen LogP contribution >= 0.6 is 0 Å². The van der Waals surface area contributed by atoms with Gasteiger partial charge in [-0.2, -0.15) is 0 Å². The second-order valence-electron chi connectivity index (χ2n) is 3.83. The Kier molecular flexibility index (Phi) is 2.17.